The van der Waals surface area contributed by atoms with E-state index < -0.39 is 5.54 Å². The molecule has 0 aliphatic heterocycles. The molecule has 1 fully saturated rings. The van der Waals surface area contributed by atoms with Crippen molar-refractivity contribution < 1.29 is 9.90 Å². The fourth-order valence-electron chi connectivity index (χ4n) is 1.97. The molecule has 0 aromatic heterocycles. The monoisotopic (exact) mass is 262 g/mol. The summed E-state index contributed by atoms with van der Waals surface area (Å²) in [6.45, 7) is 2.85. The van der Waals surface area contributed by atoms with Crippen LogP contribution in [0, 0.1) is 5.92 Å². The summed E-state index contributed by atoms with van der Waals surface area (Å²) in [4.78, 5) is 11.7. The number of hydrogen-bond acceptors (Lipinski definition) is 3. The molecule has 0 bridgehead atoms. The lowest BCUT2D eigenvalue weighted by atomic mass is 9.93. The van der Waals surface area contributed by atoms with Crippen LogP contribution in [0.4, 0.5) is 0 Å². The lowest BCUT2D eigenvalue weighted by molar-refractivity contribution is -0.120. The van der Waals surface area contributed by atoms with Crippen LogP contribution >= 0.6 is 0 Å². The van der Waals surface area contributed by atoms with Gasteiger partial charge in [0, 0.05) is 6.54 Å². The number of nitrogens with one attached hydrogen (secondary N) is 2. The molecule has 1 amide bonds. The van der Waals surface area contributed by atoms with Gasteiger partial charge in [0.2, 0.25) is 5.91 Å². The molecule has 1 aliphatic carbocycles. The van der Waals surface area contributed by atoms with Crippen LogP contribution in [0.2, 0.25) is 0 Å². The zero-order valence-electron chi connectivity index (χ0n) is 11.4. The Morgan fingerprint density at radius 3 is 2.63 bits per heavy atom. The summed E-state index contributed by atoms with van der Waals surface area (Å²) in [6.07, 6.45) is 2.46. The second kappa shape index (κ2) is 6.17. The average molecular weight is 262 g/mol. The second-order valence-corrected chi connectivity index (χ2v) is 5.46. The Balaban J connectivity index is 1.85. The molecule has 0 radical (unpaired) electrons. The van der Waals surface area contributed by atoms with Crippen molar-refractivity contribution in [1.29, 1.82) is 0 Å². The van der Waals surface area contributed by atoms with E-state index in [4.69, 9.17) is 0 Å². The van der Waals surface area contributed by atoms with Gasteiger partial charge in [-0.15, -0.1) is 0 Å². The number of benzene rings is 1. The molecule has 1 atom stereocenters. The minimum atomic E-state index is -0.585. The van der Waals surface area contributed by atoms with Gasteiger partial charge in [0.25, 0.3) is 0 Å². The van der Waals surface area contributed by atoms with Gasteiger partial charge in [-0.2, -0.15) is 0 Å². The predicted octanol–water partition coefficient (Wildman–Crippen LogP) is 1.01. The molecule has 19 heavy (non-hydrogen) atoms. The van der Waals surface area contributed by atoms with Gasteiger partial charge < -0.3 is 10.4 Å². The zero-order chi connectivity index (χ0) is 13.7. The molecule has 0 saturated heterocycles. The van der Waals surface area contributed by atoms with Gasteiger partial charge in [-0.25, -0.2) is 0 Å². The van der Waals surface area contributed by atoms with E-state index in [1.807, 2.05) is 37.3 Å². The maximum atomic E-state index is 11.7. The number of rotatable bonds is 7. The van der Waals surface area contributed by atoms with Crippen molar-refractivity contribution in [3.05, 3.63) is 35.9 Å². The Bertz CT molecular complexity index is 417. The number of amides is 1. The van der Waals surface area contributed by atoms with Gasteiger partial charge in [0.1, 0.15) is 0 Å². The molecule has 4 heteroatoms. The second-order valence-electron chi connectivity index (χ2n) is 5.46. The van der Waals surface area contributed by atoms with Crippen molar-refractivity contribution in [3.63, 3.8) is 0 Å². The molecular weight excluding hydrogens is 240 g/mol. The smallest absolute Gasteiger partial charge is 0.233 e. The van der Waals surface area contributed by atoms with Crippen LogP contribution in [-0.2, 0) is 10.3 Å². The largest absolute Gasteiger partial charge is 0.394 e. The summed E-state index contributed by atoms with van der Waals surface area (Å²) >= 11 is 0. The molecule has 1 unspecified atom stereocenters. The summed E-state index contributed by atoms with van der Waals surface area (Å²) < 4.78 is 0. The maximum Gasteiger partial charge on any atom is 0.233 e. The van der Waals surface area contributed by atoms with Crippen molar-refractivity contribution in [2.75, 3.05) is 19.7 Å². The maximum absolute atomic E-state index is 11.7. The molecule has 0 spiro atoms. The normalized spacial score (nSPS) is 17.8. The van der Waals surface area contributed by atoms with E-state index in [2.05, 4.69) is 10.6 Å². The van der Waals surface area contributed by atoms with Crippen LogP contribution in [-0.4, -0.2) is 30.7 Å². The molecule has 3 N–H and O–H groups in total. The van der Waals surface area contributed by atoms with Gasteiger partial charge in [-0.05, 0) is 31.2 Å². The fourth-order valence-corrected chi connectivity index (χ4v) is 1.97. The van der Waals surface area contributed by atoms with Gasteiger partial charge in [-0.3, -0.25) is 10.1 Å². The standard InChI is InChI=1S/C15H22N2O2/c1-15(11-18,13-5-3-2-4-6-13)17-10-14(19)16-9-12-7-8-12/h2-6,12,17-18H,7-11H2,1H3,(H,16,19). The zero-order valence-corrected chi connectivity index (χ0v) is 11.4. The van der Waals surface area contributed by atoms with Crippen LogP contribution in [0.15, 0.2) is 30.3 Å². The molecule has 4 nitrogen and oxygen atoms in total. The summed E-state index contributed by atoms with van der Waals surface area (Å²) in [7, 11) is 0. The SMILES string of the molecule is CC(CO)(NCC(=O)NCC1CC1)c1ccccc1. The Morgan fingerprint density at radius 2 is 2.05 bits per heavy atom. The highest BCUT2D eigenvalue weighted by Crippen LogP contribution is 2.27. The highest BCUT2D eigenvalue weighted by atomic mass is 16.3. The molecular formula is C15H22N2O2. The van der Waals surface area contributed by atoms with Crippen molar-refractivity contribution >= 4 is 5.91 Å². The predicted molar refractivity (Wildman–Crippen MR) is 74.6 cm³/mol. The van der Waals surface area contributed by atoms with E-state index in [1.165, 1.54) is 12.8 Å². The molecule has 1 aliphatic rings. The third-order valence-corrected chi connectivity index (χ3v) is 3.65. The fraction of sp³-hybridized carbons (Fsp3) is 0.533. The van der Waals surface area contributed by atoms with Gasteiger partial charge in [0.05, 0.1) is 18.7 Å². The number of carbonyl (C=O) groups is 1. The Kier molecular flexibility index (Phi) is 4.56. The Hall–Kier alpha value is -1.39. The average Bonchev–Trinajstić information content (AvgIpc) is 3.27. The number of aliphatic hydroxyl groups excluding tert-OH is 1. The Morgan fingerprint density at radius 1 is 1.37 bits per heavy atom. The highest BCUT2D eigenvalue weighted by molar-refractivity contribution is 5.78. The first-order valence-electron chi connectivity index (χ1n) is 6.82. The number of hydrogen-bond donors (Lipinski definition) is 3. The van der Waals surface area contributed by atoms with Crippen LogP contribution in [0.25, 0.3) is 0 Å². The molecule has 104 valence electrons. The van der Waals surface area contributed by atoms with Crippen molar-refractivity contribution in [3.8, 4) is 0 Å². The van der Waals surface area contributed by atoms with Gasteiger partial charge >= 0.3 is 0 Å². The number of carbonyl (C=O) groups excluding carboxylic acids is 1. The van der Waals surface area contributed by atoms with Crippen molar-refractivity contribution in [1.82, 2.24) is 10.6 Å². The van der Waals surface area contributed by atoms with Crippen LogP contribution in [0.3, 0.4) is 0 Å². The van der Waals surface area contributed by atoms with Gasteiger partial charge in [0.15, 0.2) is 0 Å². The van der Waals surface area contributed by atoms with E-state index in [0.29, 0.717) is 5.92 Å². The topological polar surface area (TPSA) is 61.4 Å². The van der Waals surface area contributed by atoms with Crippen LogP contribution in [0.1, 0.15) is 25.3 Å². The quantitative estimate of drug-likeness (QED) is 0.687. The first kappa shape index (κ1) is 14.0. The first-order valence-corrected chi connectivity index (χ1v) is 6.82. The lowest BCUT2D eigenvalue weighted by Gasteiger charge is -2.29. The van der Waals surface area contributed by atoms with E-state index >= 15 is 0 Å². The third-order valence-electron chi connectivity index (χ3n) is 3.65. The van der Waals surface area contributed by atoms with Crippen molar-refractivity contribution in [2.24, 2.45) is 5.92 Å². The summed E-state index contributed by atoms with van der Waals surface area (Å²) in [5.41, 5.74) is 0.394. The number of aliphatic hydroxyl groups is 1. The molecule has 1 aromatic rings. The Labute approximate surface area is 114 Å². The molecule has 1 saturated carbocycles. The van der Waals surface area contributed by atoms with E-state index in [9.17, 15) is 9.90 Å². The van der Waals surface area contributed by atoms with Crippen LogP contribution < -0.4 is 10.6 Å². The van der Waals surface area contributed by atoms with E-state index in [-0.39, 0.29) is 19.1 Å². The van der Waals surface area contributed by atoms with Gasteiger partial charge in [-0.1, -0.05) is 30.3 Å². The third kappa shape index (κ3) is 4.04. The molecule has 0 heterocycles. The first-order chi connectivity index (χ1) is 9.14. The van der Waals surface area contributed by atoms with E-state index in [1.54, 1.807) is 0 Å². The summed E-state index contributed by atoms with van der Waals surface area (Å²) in [5, 5.41) is 15.6. The van der Waals surface area contributed by atoms with E-state index in [0.717, 1.165) is 12.1 Å². The van der Waals surface area contributed by atoms with Crippen molar-refractivity contribution in [2.45, 2.75) is 25.3 Å². The van der Waals surface area contributed by atoms with Crippen LogP contribution in [0.5, 0.6) is 0 Å². The molecule has 1 aromatic carbocycles. The lowest BCUT2D eigenvalue weighted by Crippen LogP contribution is -2.47. The highest BCUT2D eigenvalue weighted by Gasteiger charge is 2.26. The summed E-state index contributed by atoms with van der Waals surface area (Å²) in [6, 6.07) is 9.69. The minimum absolute atomic E-state index is 0.0116. The minimum Gasteiger partial charge on any atom is -0.394 e. The summed E-state index contributed by atoms with van der Waals surface area (Å²) in [5.74, 6) is 0.671. The molecule has 2 rings (SSSR count).